The number of thiophene rings is 1. The van der Waals surface area contributed by atoms with Gasteiger partial charge in [-0.2, -0.15) is 0 Å². The quantitative estimate of drug-likeness (QED) is 0.624. The maximum Gasteiger partial charge on any atom is 0.170 e. The summed E-state index contributed by atoms with van der Waals surface area (Å²) in [4.78, 5) is 6.37. The molecule has 1 aliphatic rings. The van der Waals surface area contributed by atoms with Crippen molar-refractivity contribution in [1.29, 1.82) is 0 Å². The Kier molecular flexibility index (Phi) is 8.27. The fourth-order valence-electron chi connectivity index (χ4n) is 3.52. The molecule has 6 heteroatoms. The Hall–Kier alpha value is -1.47. The van der Waals surface area contributed by atoms with E-state index in [-0.39, 0.29) is 0 Å². The van der Waals surface area contributed by atoms with Crippen molar-refractivity contribution >= 4 is 34.4 Å². The summed E-state index contributed by atoms with van der Waals surface area (Å²) in [6, 6.07) is 13.4. The third-order valence-electron chi connectivity index (χ3n) is 5.34. The molecule has 1 atom stereocenters. The van der Waals surface area contributed by atoms with Crippen molar-refractivity contribution < 1.29 is 0 Å². The maximum absolute atomic E-state index is 5.56. The predicted molar refractivity (Wildman–Crippen MR) is 125 cm³/mol. The van der Waals surface area contributed by atoms with Gasteiger partial charge in [0, 0.05) is 43.3 Å². The number of aryl methyl sites for hydroxylation is 1. The molecule has 0 spiro atoms. The van der Waals surface area contributed by atoms with Gasteiger partial charge in [0.25, 0.3) is 0 Å². The molecule has 0 unspecified atom stereocenters. The molecule has 28 heavy (non-hydrogen) atoms. The molecule has 0 amide bonds. The minimum atomic E-state index is 0.366. The number of nitrogens with one attached hydrogen (secondary N) is 2. The van der Waals surface area contributed by atoms with Crippen LogP contribution in [0.3, 0.4) is 0 Å². The van der Waals surface area contributed by atoms with Crippen molar-refractivity contribution in [1.82, 2.24) is 15.1 Å². The van der Waals surface area contributed by atoms with Gasteiger partial charge in [-0.1, -0.05) is 31.5 Å². The predicted octanol–water partition coefficient (Wildman–Crippen LogP) is 4.37. The summed E-state index contributed by atoms with van der Waals surface area (Å²) in [5.74, 6) is 0. The zero-order valence-electron chi connectivity index (χ0n) is 17.0. The minimum Gasteiger partial charge on any atom is -0.360 e. The van der Waals surface area contributed by atoms with E-state index in [1.807, 2.05) is 11.3 Å². The summed E-state index contributed by atoms with van der Waals surface area (Å²) in [7, 11) is 2.20. The lowest BCUT2D eigenvalue weighted by Gasteiger charge is -2.37. The Bertz CT molecular complexity index is 707. The van der Waals surface area contributed by atoms with Crippen molar-refractivity contribution in [2.24, 2.45) is 0 Å². The van der Waals surface area contributed by atoms with E-state index >= 15 is 0 Å². The van der Waals surface area contributed by atoms with E-state index in [2.05, 4.69) is 76.2 Å². The summed E-state index contributed by atoms with van der Waals surface area (Å²) in [5, 5.41) is 9.63. The molecule has 152 valence electrons. The highest BCUT2D eigenvalue weighted by Crippen LogP contribution is 2.25. The maximum atomic E-state index is 5.56. The van der Waals surface area contributed by atoms with Crippen molar-refractivity contribution in [3.63, 3.8) is 0 Å². The number of thiocarbonyl (C=S) groups is 1. The van der Waals surface area contributed by atoms with Crippen molar-refractivity contribution in [3.05, 3.63) is 52.2 Å². The number of anilines is 1. The Balaban J connectivity index is 1.53. The van der Waals surface area contributed by atoms with E-state index in [1.165, 1.54) is 23.3 Å². The van der Waals surface area contributed by atoms with Crippen molar-refractivity contribution in [2.75, 3.05) is 45.1 Å². The van der Waals surface area contributed by atoms with E-state index in [1.54, 1.807) is 0 Å². The van der Waals surface area contributed by atoms with Crippen LogP contribution in [0.2, 0.25) is 0 Å². The van der Waals surface area contributed by atoms with E-state index in [0.717, 1.165) is 44.8 Å². The van der Waals surface area contributed by atoms with E-state index in [4.69, 9.17) is 12.2 Å². The lowest BCUT2D eigenvalue weighted by molar-refractivity contribution is 0.114. The first-order valence-electron chi connectivity index (χ1n) is 10.3. The standard InChI is InChI=1S/C22H32N4S2/c1-3-4-6-18-8-10-19(11-9-18)24-22(27)23-17-20(21-7-5-16-28-21)26-14-12-25(2)13-15-26/h5,7-11,16,20H,3-4,6,12-15,17H2,1-2H3,(H2,23,24,27)/t20-/m1/s1. The molecular formula is C22H32N4S2. The van der Waals surface area contributed by atoms with Crippen LogP contribution in [0.15, 0.2) is 41.8 Å². The second-order valence-corrected chi connectivity index (χ2v) is 8.89. The number of rotatable bonds is 8. The smallest absolute Gasteiger partial charge is 0.170 e. The van der Waals surface area contributed by atoms with Crippen LogP contribution in [0, 0.1) is 0 Å². The van der Waals surface area contributed by atoms with Gasteiger partial charge in [0.2, 0.25) is 0 Å². The average Bonchev–Trinajstić information content (AvgIpc) is 3.23. The number of likely N-dealkylation sites (N-methyl/N-ethyl adjacent to an activating group) is 1. The van der Waals surface area contributed by atoms with Gasteiger partial charge in [-0.15, -0.1) is 11.3 Å². The monoisotopic (exact) mass is 416 g/mol. The molecule has 3 rings (SSSR count). The van der Waals surface area contributed by atoms with Gasteiger partial charge >= 0.3 is 0 Å². The highest BCUT2D eigenvalue weighted by atomic mass is 32.1. The van der Waals surface area contributed by atoms with Gasteiger partial charge in [-0.3, -0.25) is 4.90 Å². The van der Waals surface area contributed by atoms with Gasteiger partial charge < -0.3 is 15.5 Å². The first kappa shape index (κ1) is 21.2. The number of hydrogen-bond acceptors (Lipinski definition) is 4. The molecule has 1 aromatic carbocycles. The SMILES string of the molecule is CCCCc1ccc(NC(=S)NC[C@H](c2cccs2)N2CCN(C)CC2)cc1. The molecule has 0 aliphatic carbocycles. The van der Waals surface area contributed by atoms with Crippen LogP contribution in [-0.2, 0) is 6.42 Å². The molecule has 2 aromatic rings. The zero-order chi connectivity index (χ0) is 19.8. The molecule has 1 saturated heterocycles. The van der Waals surface area contributed by atoms with Crippen molar-refractivity contribution in [2.45, 2.75) is 32.2 Å². The number of benzene rings is 1. The number of piperazine rings is 1. The Morgan fingerprint density at radius 2 is 1.89 bits per heavy atom. The Morgan fingerprint density at radius 1 is 1.14 bits per heavy atom. The second-order valence-electron chi connectivity index (χ2n) is 7.51. The van der Waals surface area contributed by atoms with Crippen LogP contribution >= 0.6 is 23.6 Å². The summed E-state index contributed by atoms with van der Waals surface area (Å²) < 4.78 is 0. The lowest BCUT2D eigenvalue weighted by atomic mass is 10.1. The van der Waals surface area contributed by atoms with Crippen molar-refractivity contribution in [3.8, 4) is 0 Å². The van der Waals surface area contributed by atoms with Gasteiger partial charge in [0.1, 0.15) is 0 Å². The van der Waals surface area contributed by atoms with Crippen LogP contribution < -0.4 is 10.6 Å². The summed E-state index contributed by atoms with van der Waals surface area (Å²) in [5.41, 5.74) is 2.43. The molecule has 1 aliphatic heterocycles. The molecule has 1 fully saturated rings. The zero-order valence-corrected chi connectivity index (χ0v) is 18.6. The highest BCUT2D eigenvalue weighted by Gasteiger charge is 2.24. The molecule has 4 nitrogen and oxygen atoms in total. The van der Waals surface area contributed by atoms with Crippen LogP contribution in [0.4, 0.5) is 5.69 Å². The van der Waals surface area contributed by atoms with Crippen LogP contribution in [0.5, 0.6) is 0 Å². The first-order chi connectivity index (χ1) is 13.7. The Morgan fingerprint density at radius 3 is 2.54 bits per heavy atom. The van der Waals surface area contributed by atoms with E-state index in [0.29, 0.717) is 11.2 Å². The Labute approximate surface area is 178 Å². The molecular weight excluding hydrogens is 384 g/mol. The third kappa shape index (κ3) is 6.27. The van der Waals surface area contributed by atoms with Gasteiger partial charge in [-0.25, -0.2) is 0 Å². The summed E-state index contributed by atoms with van der Waals surface area (Å²) >= 11 is 7.39. The number of hydrogen-bond donors (Lipinski definition) is 2. The average molecular weight is 417 g/mol. The first-order valence-corrected chi connectivity index (χ1v) is 11.5. The van der Waals surface area contributed by atoms with Gasteiger partial charge in [0.05, 0.1) is 6.04 Å². The summed E-state index contributed by atoms with van der Waals surface area (Å²) in [6.45, 7) is 7.49. The number of nitrogens with zero attached hydrogens (tertiary/aromatic N) is 2. The topological polar surface area (TPSA) is 30.5 Å². The molecule has 2 N–H and O–H groups in total. The molecule has 0 radical (unpaired) electrons. The van der Waals surface area contributed by atoms with Crippen LogP contribution in [0.1, 0.15) is 36.2 Å². The van der Waals surface area contributed by atoms with Crippen LogP contribution in [0.25, 0.3) is 0 Å². The fourth-order valence-corrected chi connectivity index (χ4v) is 4.59. The molecule has 1 aromatic heterocycles. The highest BCUT2D eigenvalue weighted by molar-refractivity contribution is 7.80. The third-order valence-corrected chi connectivity index (χ3v) is 6.56. The van der Waals surface area contributed by atoms with Gasteiger partial charge in [-0.05, 0) is 61.2 Å². The largest absolute Gasteiger partial charge is 0.360 e. The molecule has 0 saturated carbocycles. The van der Waals surface area contributed by atoms with E-state index in [9.17, 15) is 0 Å². The lowest BCUT2D eigenvalue weighted by Crippen LogP contribution is -2.48. The normalized spacial score (nSPS) is 16.6. The second kappa shape index (κ2) is 10.9. The minimum absolute atomic E-state index is 0.366. The summed E-state index contributed by atoms with van der Waals surface area (Å²) in [6.07, 6.45) is 3.61. The van der Waals surface area contributed by atoms with Gasteiger partial charge in [0.15, 0.2) is 5.11 Å². The molecule has 0 bridgehead atoms. The number of unbranched alkanes of at least 4 members (excludes halogenated alkanes) is 1. The van der Waals surface area contributed by atoms with Crippen LogP contribution in [-0.4, -0.2) is 54.7 Å². The molecule has 2 heterocycles. The van der Waals surface area contributed by atoms with E-state index < -0.39 is 0 Å². The fraction of sp³-hybridized carbons (Fsp3) is 0.500.